The van der Waals surface area contributed by atoms with Crippen LogP contribution in [0.1, 0.15) is 60.5 Å². The molecule has 0 aromatic carbocycles. The van der Waals surface area contributed by atoms with E-state index in [0.717, 1.165) is 38.1 Å². The normalized spacial score (nSPS) is 21.3. The fourth-order valence-corrected chi connectivity index (χ4v) is 4.04. The number of imidazole rings is 1. The summed E-state index contributed by atoms with van der Waals surface area (Å²) in [5.74, 6) is 2.47. The Labute approximate surface area is 136 Å². The van der Waals surface area contributed by atoms with E-state index in [9.17, 15) is 0 Å². The Morgan fingerprint density at radius 3 is 2.96 bits per heavy atom. The van der Waals surface area contributed by atoms with Gasteiger partial charge < -0.3 is 8.98 Å². The number of aromatic nitrogens is 2. The number of aryl methyl sites for hydroxylation is 1. The predicted octanol–water partition coefficient (Wildman–Crippen LogP) is 3.10. The van der Waals surface area contributed by atoms with Crippen LogP contribution in [0.4, 0.5) is 0 Å². The van der Waals surface area contributed by atoms with Crippen molar-refractivity contribution in [1.29, 1.82) is 5.26 Å². The van der Waals surface area contributed by atoms with Crippen molar-refractivity contribution in [3.05, 3.63) is 40.9 Å². The first-order valence-corrected chi connectivity index (χ1v) is 8.53. The van der Waals surface area contributed by atoms with Crippen molar-refractivity contribution >= 4 is 0 Å². The number of rotatable bonds is 3. The van der Waals surface area contributed by atoms with Gasteiger partial charge in [0, 0.05) is 12.7 Å². The van der Waals surface area contributed by atoms with Crippen LogP contribution in [0.5, 0.6) is 0 Å². The summed E-state index contributed by atoms with van der Waals surface area (Å²) in [6.07, 6.45) is 7.17. The van der Waals surface area contributed by atoms with Crippen LogP contribution in [0.3, 0.4) is 0 Å². The molecule has 0 N–H and O–H groups in total. The lowest BCUT2D eigenvalue weighted by Gasteiger charge is -2.23. The smallest absolute Gasteiger partial charge is 0.203 e. The maximum atomic E-state index is 8.90. The molecule has 0 radical (unpaired) electrons. The molecule has 2 aromatic rings. The second-order valence-corrected chi connectivity index (χ2v) is 6.64. The van der Waals surface area contributed by atoms with Gasteiger partial charge >= 0.3 is 0 Å². The van der Waals surface area contributed by atoms with Gasteiger partial charge in [-0.2, -0.15) is 5.26 Å². The number of furan rings is 1. The molecule has 1 saturated heterocycles. The first kappa shape index (κ1) is 14.5. The fraction of sp³-hybridized carbons (Fsp3) is 0.556. The standard InChI is InChI=1S/C18H22N4O/c1-21-16-6-3-2-5-15(16)20-18(21)17-7-4-10-22(17)12-14-9-8-13(11-19)23-14/h8-9,17H,2-7,10,12H2,1H3/t17-/m0/s1. The highest BCUT2D eigenvalue weighted by Gasteiger charge is 2.32. The molecule has 4 rings (SSSR count). The number of likely N-dealkylation sites (tertiary alicyclic amines) is 1. The molecule has 1 fully saturated rings. The van der Waals surface area contributed by atoms with E-state index in [1.807, 2.05) is 6.07 Å². The highest BCUT2D eigenvalue weighted by atomic mass is 16.3. The molecule has 1 atom stereocenters. The minimum absolute atomic E-state index is 0.362. The SMILES string of the molecule is Cn1c([C@@H]2CCCN2Cc2ccc(C#N)o2)nc2c1CCCC2. The molecular weight excluding hydrogens is 288 g/mol. The van der Waals surface area contributed by atoms with Crippen molar-refractivity contribution in [1.82, 2.24) is 14.5 Å². The third kappa shape index (κ3) is 2.57. The van der Waals surface area contributed by atoms with Crippen molar-refractivity contribution in [2.24, 2.45) is 7.05 Å². The third-order valence-electron chi connectivity index (χ3n) is 5.20. The zero-order chi connectivity index (χ0) is 15.8. The molecule has 2 aromatic heterocycles. The molecule has 1 aliphatic carbocycles. The molecule has 1 aliphatic heterocycles. The summed E-state index contributed by atoms with van der Waals surface area (Å²) in [5, 5.41) is 8.90. The quantitative estimate of drug-likeness (QED) is 0.874. The average molecular weight is 310 g/mol. The van der Waals surface area contributed by atoms with Crippen molar-refractivity contribution in [3.8, 4) is 6.07 Å². The van der Waals surface area contributed by atoms with E-state index in [2.05, 4.69) is 22.6 Å². The summed E-state index contributed by atoms with van der Waals surface area (Å²) in [5.41, 5.74) is 2.74. The molecule has 5 nitrogen and oxygen atoms in total. The van der Waals surface area contributed by atoms with Crippen LogP contribution in [0.15, 0.2) is 16.5 Å². The zero-order valence-corrected chi connectivity index (χ0v) is 13.6. The highest BCUT2D eigenvalue weighted by Crippen LogP contribution is 2.34. The van der Waals surface area contributed by atoms with E-state index in [-0.39, 0.29) is 0 Å². The van der Waals surface area contributed by atoms with Crippen LogP contribution < -0.4 is 0 Å². The van der Waals surface area contributed by atoms with Crippen molar-refractivity contribution in [2.45, 2.75) is 51.1 Å². The Bertz CT molecular complexity index is 752. The van der Waals surface area contributed by atoms with E-state index in [1.54, 1.807) is 6.07 Å². The van der Waals surface area contributed by atoms with Gasteiger partial charge in [0.05, 0.1) is 18.3 Å². The summed E-state index contributed by atoms with van der Waals surface area (Å²) in [6, 6.07) is 6.08. The highest BCUT2D eigenvalue weighted by molar-refractivity contribution is 5.23. The molecular formula is C18H22N4O. The minimum atomic E-state index is 0.362. The van der Waals surface area contributed by atoms with E-state index in [4.69, 9.17) is 14.7 Å². The fourth-order valence-electron chi connectivity index (χ4n) is 4.04. The van der Waals surface area contributed by atoms with Crippen LogP contribution >= 0.6 is 0 Å². The summed E-state index contributed by atoms with van der Waals surface area (Å²) in [6.45, 7) is 1.81. The minimum Gasteiger partial charge on any atom is -0.449 e. The van der Waals surface area contributed by atoms with Crippen molar-refractivity contribution in [3.63, 3.8) is 0 Å². The molecule has 0 amide bonds. The maximum Gasteiger partial charge on any atom is 0.203 e. The van der Waals surface area contributed by atoms with Gasteiger partial charge in [0.15, 0.2) is 0 Å². The van der Waals surface area contributed by atoms with Crippen LogP contribution in [-0.2, 0) is 26.4 Å². The van der Waals surface area contributed by atoms with Gasteiger partial charge in [-0.05, 0) is 57.2 Å². The van der Waals surface area contributed by atoms with Gasteiger partial charge in [0.2, 0.25) is 5.76 Å². The lowest BCUT2D eigenvalue weighted by molar-refractivity contribution is 0.217. The third-order valence-corrected chi connectivity index (χ3v) is 5.20. The Morgan fingerprint density at radius 1 is 1.30 bits per heavy atom. The summed E-state index contributed by atoms with van der Waals surface area (Å²) < 4.78 is 7.89. The van der Waals surface area contributed by atoms with Crippen molar-refractivity contribution < 1.29 is 4.42 Å². The van der Waals surface area contributed by atoms with Gasteiger partial charge in [0.1, 0.15) is 17.7 Å². The van der Waals surface area contributed by atoms with Gasteiger partial charge in [0.25, 0.3) is 0 Å². The Hall–Kier alpha value is -2.06. The molecule has 0 bridgehead atoms. The summed E-state index contributed by atoms with van der Waals surface area (Å²) in [7, 11) is 2.17. The number of fused-ring (bicyclic) bond motifs is 1. The number of nitrogens with zero attached hydrogens (tertiary/aromatic N) is 4. The first-order chi connectivity index (χ1) is 11.3. The van der Waals surface area contributed by atoms with Gasteiger partial charge in [-0.25, -0.2) is 4.98 Å². The number of nitriles is 1. The van der Waals surface area contributed by atoms with Gasteiger partial charge in [-0.1, -0.05) is 0 Å². The average Bonchev–Trinajstić information content (AvgIpc) is 3.28. The molecule has 5 heteroatoms. The second kappa shape index (κ2) is 5.86. The molecule has 3 heterocycles. The summed E-state index contributed by atoms with van der Waals surface area (Å²) >= 11 is 0. The van der Waals surface area contributed by atoms with Crippen molar-refractivity contribution in [2.75, 3.05) is 6.54 Å². The van der Waals surface area contributed by atoms with Crippen LogP contribution in [0.2, 0.25) is 0 Å². The number of hydrogen-bond donors (Lipinski definition) is 0. The van der Waals surface area contributed by atoms with Gasteiger partial charge in [-0.3, -0.25) is 4.90 Å². The molecule has 0 spiro atoms. The maximum absolute atomic E-state index is 8.90. The van der Waals surface area contributed by atoms with E-state index < -0.39 is 0 Å². The van der Waals surface area contributed by atoms with E-state index in [0.29, 0.717) is 11.8 Å². The van der Waals surface area contributed by atoms with E-state index >= 15 is 0 Å². The van der Waals surface area contributed by atoms with Crippen LogP contribution in [0, 0.1) is 11.3 Å². The predicted molar refractivity (Wildman–Crippen MR) is 85.7 cm³/mol. The van der Waals surface area contributed by atoms with Crippen LogP contribution in [-0.4, -0.2) is 21.0 Å². The lowest BCUT2D eigenvalue weighted by Crippen LogP contribution is -2.25. The topological polar surface area (TPSA) is 58.0 Å². The molecule has 0 unspecified atom stereocenters. The molecule has 2 aliphatic rings. The summed E-state index contributed by atoms with van der Waals surface area (Å²) in [4.78, 5) is 7.42. The van der Waals surface area contributed by atoms with Crippen LogP contribution in [0.25, 0.3) is 0 Å². The largest absolute Gasteiger partial charge is 0.449 e. The zero-order valence-electron chi connectivity index (χ0n) is 13.6. The Morgan fingerprint density at radius 2 is 2.17 bits per heavy atom. The van der Waals surface area contributed by atoms with E-state index in [1.165, 1.54) is 36.5 Å². The monoisotopic (exact) mass is 310 g/mol. The Kier molecular flexibility index (Phi) is 3.70. The lowest BCUT2D eigenvalue weighted by atomic mass is 10.0. The molecule has 23 heavy (non-hydrogen) atoms. The second-order valence-electron chi connectivity index (χ2n) is 6.64. The first-order valence-electron chi connectivity index (χ1n) is 8.53. The number of hydrogen-bond acceptors (Lipinski definition) is 4. The molecule has 120 valence electrons. The van der Waals surface area contributed by atoms with Gasteiger partial charge in [-0.15, -0.1) is 0 Å². The Balaban J connectivity index is 1.58. The molecule has 0 saturated carbocycles.